The maximum atomic E-state index is 3.59. The minimum Gasteiger partial charge on any atom is -0.370 e. The number of nitrogens with one attached hydrogen (secondary N) is 1. The van der Waals surface area contributed by atoms with Crippen LogP contribution >= 0.6 is 0 Å². The Kier molecular flexibility index (Phi) is 3.06. The van der Waals surface area contributed by atoms with Crippen LogP contribution in [0.2, 0.25) is 0 Å². The molecule has 0 spiro atoms. The number of nitrogens with zero attached hydrogens (tertiary/aromatic N) is 1. The average molecular weight is 230 g/mol. The molecule has 1 aliphatic carbocycles. The molecule has 2 aliphatic rings. The molecule has 1 aliphatic heterocycles. The van der Waals surface area contributed by atoms with Gasteiger partial charge < -0.3 is 10.2 Å². The lowest BCUT2D eigenvalue weighted by molar-refractivity contribution is 0.545. The van der Waals surface area contributed by atoms with Gasteiger partial charge in [0.1, 0.15) is 0 Å². The average Bonchev–Trinajstić information content (AvgIpc) is 3.16. The molecule has 1 atom stereocenters. The lowest BCUT2D eigenvalue weighted by Gasteiger charge is -2.26. The third-order valence-electron chi connectivity index (χ3n) is 3.97. The standard InChI is InChI=1S/C15H22N2/c1-12-11-17(9-8-13-6-7-13)15-5-3-2-4-14(15)10-16-12/h2-5,12-13,16H,6-11H2,1H3. The van der Waals surface area contributed by atoms with E-state index in [2.05, 4.69) is 41.4 Å². The van der Waals surface area contributed by atoms with Gasteiger partial charge in [-0.05, 0) is 30.9 Å². The molecule has 1 fully saturated rings. The Morgan fingerprint density at radius 1 is 1.29 bits per heavy atom. The normalized spacial score (nSPS) is 24.3. The molecular formula is C15H22N2. The quantitative estimate of drug-likeness (QED) is 0.859. The predicted molar refractivity (Wildman–Crippen MR) is 72.3 cm³/mol. The van der Waals surface area contributed by atoms with Crippen molar-refractivity contribution in [3.05, 3.63) is 29.8 Å². The van der Waals surface area contributed by atoms with Gasteiger partial charge in [-0.3, -0.25) is 0 Å². The number of para-hydroxylation sites is 1. The van der Waals surface area contributed by atoms with Crippen molar-refractivity contribution in [1.29, 1.82) is 0 Å². The minimum atomic E-state index is 0.585. The topological polar surface area (TPSA) is 15.3 Å². The minimum absolute atomic E-state index is 0.585. The molecule has 1 N–H and O–H groups in total. The van der Waals surface area contributed by atoms with Crippen LogP contribution in [-0.4, -0.2) is 19.1 Å². The van der Waals surface area contributed by atoms with Crippen molar-refractivity contribution < 1.29 is 0 Å². The van der Waals surface area contributed by atoms with Gasteiger partial charge in [0, 0.05) is 31.4 Å². The number of anilines is 1. The van der Waals surface area contributed by atoms with Crippen molar-refractivity contribution in [2.24, 2.45) is 5.92 Å². The van der Waals surface area contributed by atoms with Crippen molar-refractivity contribution in [3.8, 4) is 0 Å². The van der Waals surface area contributed by atoms with Gasteiger partial charge in [0.25, 0.3) is 0 Å². The Morgan fingerprint density at radius 3 is 2.94 bits per heavy atom. The van der Waals surface area contributed by atoms with Crippen LogP contribution in [0, 0.1) is 5.92 Å². The van der Waals surface area contributed by atoms with Crippen molar-refractivity contribution in [1.82, 2.24) is 5.32 Å². The zero-order valence-corrected chi connectivity index (χ0v) is 10.7. The highest BCUT2D eigenvalue weighted by atomic mass is 15.2. The monoisotopic (exact) mass is 230 g/mol. The first-order valence-electron chi connectivity index (χ1n) is 6.89. The molecule has 17 heavy (non-hydrogen) atoms. The molecule has 0 amide bonds. The van der Waals surface area contributed by atoms with Crippen LogP contribution in [0.4, 0.5) is 5.69 Å². The summed E-state index contributed by atoms with van der Waals surface area (Å²) in [5.74, 6) is 1.02. The van der Waals surface area contributed by atoms with Crippen LogP contribution in [-0.2, 0) is 6.54 Å². The maximum Gasteiger partial charge on any atom is 0.0412 e. The van der Waals surface area contributed by atoms with E-state index in [4.69, 9.17) is 0 Å². The second-order valence-corrected chi connectivity index (χ2v) is 5.59. The van der Waals surface area contributed by atoms with Crippen LogP contribution in [0.5, 0.6) is 0 Å². The number of rotatable bonds is 3. The summed E-state index contributed by atoms with van der Waals surface area (Å²) in [7, 11) is 0. The van der Waals surface area contributed by atoms with Gasteiger partial charge in [0.05, 0.1) is 0 Å². The summed E-state index contributed by atoms with van der Waals surface area (Å²) in [4.78, 5) is 2.58. The van der Waals surface area contributed by atoms with Gasteiger partial charge in [0.15, 0.2) is 0 Å². The molecule has 2 heteroatoms. The van der Waals surface area contributed by atoms with Crippen molar-refractivity contribution in [2.45, 2.75) is 38.8 Å². The molecule has 1 aromatic rings. The fourth-order valence-electron chi connectivity index (χ4n) is 2.70. The lowest BCUT2D eigenvalue weighted by atomic mass is 10.1. The van der Waals surface area contributed by atoms with E-state index in [1.165, 1.54) is 37.1 Å². The summed E-state index contributed by atoms with van der Waals surface area (Å²) in [5.41, 5.74) is 2.90. The molecule has 0 bridgehead atoms. The molecule has 0 radical (unpaired) electrons. The molecule has 1 saturated carbocycles. The zero-order chi connectivity index (χ0) is 11.7. The molecule has 92 valence electrons. The highest BCUT2D eigenvalue weighted by molar-refractivity contribution is 5.54. The van der Waals surface area contributed by atoms with Gasteiger partial charge in [-0.25, -0.2) is 0 Å². The smallest absolute Gasteiger partial charge is 0.0412 e. The first-order valence-corrected chi connectivity index (χ1v) is 6.89. The number of fused-ring (bicyclic) bond motifs is 1. The summed E-state index contributed by atoms with van der Waals surface area (Å²) >= 11 is 0. The molecule has 0 saturated heterocycles. The van der Waals surface area contributed by atoms with Crippen LogP contribution in [0.25, 0.3) is 0 Å². The van der Waals surface area contributed by atoms with E-state index >= 15 is 0 Å². The van der Waals surface area contributed by atoms with E-state index in [1.54, 1.807) is 0 Å². The Labute approximate surface area is 104 Å². The van der Waals surface area contributed by atoms with Crippen LogP contribution in [0.15, 0.2) is 24.3 Å². The summed E-state index contributed by atoms with van der Waals surface area (Å²) < 4.78 is 0. The summed E-state index contributed by atoms with van der Waals surface area (Å²) in [5, 5.41) is 3.59. The van der Waals surface area contributed by atoms with E-state index in [0.717, 1.165) is 19.0 Å². The van der Waals surface area contributed by atoms with Gasteiger partial charge in [-0.2, -0.15) is 0 Å². The number of hydrogen-bond acceptors (Lipinski definition) is 2. The van der Waals surface area contributed by atoms with E-state index in [9.17, 15) is 0 Å². The first-order chi connectivity index (χ1) is 8.33. The van der Waals surface area contributed by atoms with Crippen molar-refractivity contribution in [3.63, 3.8) is 0 Å². The first kappa shape index (κ1) is 11.1. The van der Waals surface area contributed by atoms with E-state index in [-0.39, 0.29) is 0 Å². The number of benzene rings is 1. The van der Waals surface area contributed by atoms with Gasteiger partial charge in [-0.15, -0.1) is 0 Å². The molecule has 1 aromatic carbocycles. The lowest BCUT2D eigenvalue weighted by Crippen LogP contribution is -2.36. The summed E-state index contributed by atoms with van der Waals surface area (Å²) in [6.07, 6.45) is 4.30. The Bertz CT molecular complexity index is 384. The van der Waals surface area contributed by atoms with Crippen molar-refractivity contribution in [2.75, 3.05) is 18.0 Å². The molecule has 2 nitrogen and oxygen atoms in total. The van der Waals surface area contributed by atoms with E-state index < -0.39 is 0 Å². The van der Waals surface area contributed by atoms with Crippen LogP contribution in [0.1, 0.15) is 31.7 Å². The second-order valence-electron chi connectivity index (χ2n) is 5.59. The highest BCUT2D eigenvalue weighted by Crippen LogP contribution is 2.33. The maximum absolute atomic E-state index is 3.59. The third kappa shape index (κ3) is 2.63. The van der Waals surface area contributed by atoms with Crippen LogP contribution in [0.3, 0.4) is 0 Å². The molecular weight excluding hydrogens is 208 g/mol. The summed E-state index contributed by atoms with van der Waals surface area (Å²) in [6.45, 7) is 5.67. The molecule has 3 rings (SSSR count). The van der Waals surface area contributed by atoms with Gasteiger partial charge >= 0.3 is 0 Å². The van der Waals surface area contributed by atoms with Crippen LogP contribution < -0.4 is 10.2 Å². The predicted octanol–water partition coefficient (Wildman–Crippen LogP) is 2.78. The Balaban J connectivity index is 1.78. The van der Waals surface area contributed by atoms with Gasteiger partial charge in [0.2, 0.25) is 0 Å². The van der Waals surface area contributed by atoms with E-state index in [0.29, 0.717) is 6.04 Å². The third-order valence-corrected chi connectivity index (χ3v) is 3.97. The zero-order valence-electron chi connectivity index (χ0n) is 10.7. The Hall–Kier alpha value is -1.02. The molecule has 1 heterocycles. The molecule has 1 unspecified atom stereocenters. The Morgan fingerprint density at radius 2 is 2.12 bits per heavy atom. The fourth-order valence-corrected chi connectivity index (χ4v) is 2.70. The summed E-state index contributed by atoms with van der Waals surface area (Å²) in [6, 6.07) is 9.43. The highest BCUT2D eigenvalue weighted by Gasteiger charge is 2.24. The largest absolute Gasteiger partial charge is 0.370 e. The van der Waals surface area contributed by atoms with Gasteiger partial charge in [-0.1, -0.05) is 31.0 Å². The SMILES string of the molecule is CC1CN(CCC2CC2)c2ccccc2CN1. The van der Waals surface area contributed by atoms with E-state index in [1.807, 2.05) is 0 Å². The van der Waals surface area contributed by atoms with Crippen molar-refractivity contribution >= 4 is 5.69 Å². The second kappa shape index (κ2) is 4.69. The fraction of sp³-hybridized carbons (Fsp3) is 0.600. The molecule has 0 aromatic heterocycles. The number of hydrogen-bond donors (Lipinski definition) is 1.